The van der Waals surface area contributed by atoms with E-state index in [0.717, 1.165) is 17.1 Å². The van der Waals surface area contributed by atoms with Crippen molar-refractivity contribution in [1.82, 2.24) is 15.3 Å². The van der Waals surface area contributed by atoms with Gasteiger partial charge in [-0.15, -0.1) is 0 Å². The van der Waals surface area contributed by atoms with Gasteiger partial charge >= 0.3 is 11.9 Å². The molecule has 0 fully saturated rings. The zero-order valence-electron chi connectivity index (χ0n) is 15.7. The summed E-state index contributed by atoms with van der Waals surface area (Å²) in [5, 5.41) is 3.96. The highest BCUT2D eigenvalue weighted by Crippen LogP contribution is 2.32. The molecule has 1 amide bonds. The van der Waals surface area contributed by atoms with Crippen LogP contribution in [0.25, 0.3) is 22.1 Å². The molecule has 3 aromatic rings. The van der Waals surface area contributed by atoms with Crippen molar-refractivity contribution < 1.29 is 28.3 Å². The van der Waals surface area contributed by atoms with E-state index in [1.165, 1.54) is 13.4 Å². The third-order valence-corrected chi connectivity index (χ3v) is 4.87. The SMILES string of the molecule is COC(=O)CCCNC(=O)COC(=O)CSc1ncnc2c1oc1ccccc12. The van der Waals surface area contributed by atoms with Crippen LogP contribution >= 0.6 is 11.8 Å². The van der Waals surface area contributed by atoms with Gasteiger partial charge in [0, 0.05) is 18.4 Å². The van der Waals surface area contributed by atoms with Gasteiger partial charge in [0.25, 0.3) is 5.91 Å². The molecule has 9 nitrogen and oxygen atoms in total. The molecule has 0 aliphatic carbocycles. The Hall–Kier alpha value is -3.14. The van der Waals surface area contributed by atoms with Gasteiger partial charge in [0.2, 0.25) is 0 Å². The minimum absolute atomic E-state index is 0.0290. The van der Waals surface area contributed by atoms with E-state index in [4.69, 9.17) is 9.15 Å². The summed E-state index contributed by atoms with van der Waals surface area (Å²) in [6, 6.07) is 7.50. The minimum Gasteiger partial charge on any atom is -0.469 e. The second kappa shape index (κ2) is 9.87. The molecule has 29 heavy (non-hydrogen) atoms. The first kappa shape index (κ1) is 20.6. The Labute approximate surface area is 170 Å². The van der Waals surface area contributed by atoms with Crippen LogP contribution in [-0.2, 0) is 23.9 Å². The number of carbonyl (C=O) groups is 3. The summed E-state index contributed by atoms with van der Waals surface area (Å²) in [5.74, 6) is -1.36. The van der Waals surface area contributed by atoms with Crippen molar-refractivity contribution in [2.24, 2.45) is 0 Å². The Morgan fingerprint density at radius 1 is 1.17 bits per heavy atom. The summed E-state index contributed by atoms with van der Waals surface area (Å²) in [6.07, 6.45) is 2.07. The van der Waals surface area contributed by atoms with E-state index in [-0.39, 0.29) is 24.7 Å². The Morgan fingerprint density at radius 3 is 2.83 bits per heavy atom. The van der Waals surface area contributed by atoms with Crippen LogP contribution in [0.2, 0.25) is 0 Å². The number of aromatic nitrogens is 2. The number of hydrogen-bond donors (Lipinski definition) is 1. The predicted molar refractivity (Wildman–Crippen MR) is 105 cm³/mol. The van der Waals surface area contributed by atoms with Crippen molar-refractivity contribution >= 4 is 51.7 Å². The monoisotopic (exact) mass is 417 g/mol. The standard InChI is InChI=1S/C19H19N3O6S/c1-26-15(24)7-4-8-20-14(23)9-27-16(25)10-29-19-18-17(21-11-22-19)12-5-2-3-6-13(12)28-18/h2-3,5-6,11H,4,7-10H2,1H3,(H,20,23). The van der Waals surface area contributed by atoms with Crippen molar-refractivity contribution in [3.05, 3.63) is 30.6 Å². The largest absolute Gasteiger partial charge is 0.469 e. The number of carbonyl (C=O) groups excluding carboxylic acids is 3. The highest BCUT2D eigenvalue weighted by atomic mass is 32.2. The van der Waals surface area contributed by atoms with Crippen LogP contribution in [0, 0.1) is 0 Å². The fourth-order valence-electron chi connectivity index (χ4n) is 2.53. The van der Waals surface area contributed by atoms with E-state index in [1.807, 2.05) is 24.3 Å². The molecule has 1 N–H and O–H groups in total. The molecule has 0 saturated heterocycles. The summed E-state index contributed by atoms with van der Waals surface area (Å²) < 4.78 is 15.3. The molecule has 0 bridgehead atoms. The number of esters is 2. The lowest BCUT2D eigenvalue weighted by Gasteiger charge is -2.06. The Bertz CT molecular complexity index is 1040. The summed E-state index contributed by atoms with van der Waals surface area (Å²) in [4.78, 5) is 43.0. The number of nitrogens with one attached hydrogen (secondary N) is 1. The summed E-state index contributed by atoms with van der Waals surface area (Å²) in [7, 11) is 1.30. The van der Waals surface area contributed by atoms with Gasteiger partial charge in [-0.05, 0) is 18.6 Å². The molecule has 152 valence electrons. The van der Waals surface area contributed by atoms with Crippen molar-refractivity contribution in [2.75, 3.05) is 26.0 Å². The number of methoxy groups -OCH3 is 1. The summed E-state index contributed by atoms with van der Waals surface area (Å²) in [6.45, 7) is -0.0906. The van der Waals surface area contributed by atoms with Crippen LogP contribution in [0.4, 0.5) is 0 Å². The predicted octanol–water partition coefficient (Wildman–Crippen LogP) is 2.08. The Kier molecular flexibility index (Phi) is 7.01. The average Bonchev–Trinajstić information content (AvgIpc) is 3.13. The third-order valence-electron chi connectivity index (χ3n) is 3.92. The number of rotatable bonds is 9. The number of furan rings is 1. The first-order valence-corrected chi connectivity index (χ1v) is 9.81. The highest BCUT2D eigenvalue weighted by molar-refractivity contribution is 8.00. The quantitative estimate of drug-likeness (QED) is 0.241. The Balaban J connectivity index is 1.46. The van der Waals surface area contributed by atoms with Crippen LogP contribution < -0.4 is 5.32 Å². The van der Waals surface area contributed by atoms with Crippen molar-refractivity contribution in [1.29, 1.82) is 0 Å². The summed E-state index contributed by atoms with van der Waals surface area (Å²) in [5.41, 5.74) is 1.88. The van der Waals surface area contributed by atoms with Crippen LogP contribution in [-0.4, -0.2) is 53.8 Å². The van der Waals surface area contributed by atoms with Gasteiger partial charge in [-0.1, -0.05) is 23.9 Å². The van der Waals surface area contributed by atoms with Crippen molar-refractivity contribution in [3.63, 3.8) is 0 Å². The first-order chi connectivity index (χ1) is 14.1. The van der Waals surface area contributed by atoms with Crippen molar-refractivity contribution in [2.45, 2.75) is 17.9 Å². The molecule has 0 aliphatic rings. The number of nitrogens with zero attached hydrogens (tertiary/aromatic N) is 2. The molecule has 10 heteroatoms. The van der Waals surface area contributed by atoms with Gasteiger partial charge in [-0.25, -0.2) is 9.97 Å². The molecule has 0 spiro atoms. The second-order valence-electron chi connectivity index (χ2n) is 5.93. The van der Waals surface area contributed by atoms with Crippen LogP contribution in [0.5, 0.6) is 0 Å². The maximum absolute atomic E-state index is 11.9. The number of thioether (sulfide) groups is 1. The molecule has 0 radical (unpaired) electrons. The highest BCUT2D eigenvalue weighted by Gasteiger charge is 2.15. The molecule has 0 aliphatic heterocycles. The maximum atomic E-state index is 11.9. The van der Waals surface area contributed by atoms with E-state index in [0.29, 0.717) is 34.7 Å². The molecule has 3 rings (SSSR count). The molecule has 0 atom stereocenters. The van der Waals surface area contributed by atoms with Gasteiger partial charge < -0.3 is 19.2 Å². The van der Waals surface area contributed by atoms with Crippen LogP contribution in [0.1, 0.15) is 12.8 Å². The normalized spacial score (nSPS) is 10.8. The van der Waals surface area contributed by atoms with E-state index >= 15 is 0 Å². The number of ether oxygens (including phenoxy) is 2. The zero-order chi connectivity index (χ0) is 20.6. The first-order valence-electron chi connectivity index (χ1n) is 8.82. The molecule has 1 aromatic carbocycles. The third kappa shape index (κ3) is 5.44. The van der Waals surface area contributed by atoms with Crippen LogP contribution in [0.3, 0.4) is 0 Å². The molecular formula is C19H19N3O6S. The van der Waals surface area contributed by atoms with Gasteiger partial charge in [0.05, 0.1) is 12.9 Å². The second-order valence-corrected chi connectivity index (χ2v) is 6.90. The number of fused-ring (bicyclic) bond motifs is 3. The smallest absolute Gasteiger partial charge is 0.316 e. The lowest BCUT2D eigenvalue weighted by Crippen LogP contribution is -2.30. The van der Waals surface area contributed by atoms with E-state index in [1.54, 1.807) is 0 Å². The lowest BCUT2D eigenvalue weighted by atomic mass is 10.2. The van der Waals surface area contributed by atoms with Crippen molar-refractivity contribution in [3.8, 4) is 0 Å². The van der Waals surface area contributed by atoms with E-state index in [9.17, 15) is 14.4 Å². The number of benzene rings is 1. The topological polar surface area (TPSA) is 121 Å². The van der Waals surface area contributed by atoms with E-state index in [2.05, 4.69) is 20.0 Å². The minimum atomic E-state index is -0.553. The average molecular weight is 417 g/mol. The maximum Gasteiger partial charge on any atom is 0.316 e. The van der Waals surface area contributed by atoms with Gasteiger partial charge in [0.1, 0.15) is 22.5 Å². The molecule has 2 heterocycles. The van der Waals surface area contributed by atoms with Gasteiger partial charge in [0.15, 0.2) is 12.2 Å². The lowest BCUT2D eigenvalue weighted by molar-refractivity contribution is -0.145. The number of hydrogen-bond acceptors (Lipinski definition) is 9. The molecule has 0 saturated carbocycles. The molecule has 2 aromatic heterocycles. The fraction of sp³-hybridized carbons (Fsp3) is 0.316. The fourth-order valence-corrected chi connectivity index (χ4v) is 3.26. The van der Waals surface area contributed by atoms with E-state index < -0.39 is 11.9 Å². The van der Waals surface area contributed by atoms with Crippen LogP contribution in [0.15, 0.2) is 40.0 Å². The van der Waals surface area contributed by atoms with Gasteiger partial charge in [-0.3, -0.25) is 14.4 Å². The summed E-state index contributed by atoms with van der Waals surface area (Å²) >= 11 is 1.15. The molecule has 0 unspecified atom stereocenters. The van der Waals surface area contributed by atoms with Gasteiger partial charge in [-0.2, -0.15) is 0 Å². The molecular weight excluding hydrogens is 398 g/mol. The number of para-hydroxylation sites is 1. The Morgan fingerprint density at radius 2 is 2.00 bits per heavy atom. The number of amides is 1. The zero-order valence-corrected chi connectivity index (χ0v) is 16.5.